The van der Waals surface area contributed by atoms with Crippen molar-refractivity contribution in [3.8, 4) is 0 Å². The first-order valence-electron chi connectivity index (χ1n) is 4.81. The van der Waals surface area contributed by atoms with Gasteiger partial charge in [-0.2, -0.15) is 0 Å². The minimum Gasteiger partial charge on any atom is -0.418 e. The van der Waals surface area contributed by atoms with E-state index in [2.05, 4.69) is 27.9 Å². The SMILES string of the molecule is CCCC[N+](C)(C)CC.F[B-](F)(F)F. The zero-order chi connectivity index (χ0) is 11.8. The predicted molar refractivity (Wildman–Crippen MR) is 52.6 cm³/mol. The highest BCUT2D eigenvalue weighted by Gasteiger charge is 2.20. The number of halogens is 4. The van der Waals surface area contributed by atoms with Crippen molar-refractivity contribution in [1.82, 2.24) is 0 Å². The first-order valence-corrected chi connectivity index (χ1v) is 4.81. The van der Waals surface area contributed by atoms with Crippen LogP contribution in [0, 0.1) is 0 Å². The Kier molecular flexibility index (Phi) is 8.20. The highest BCUT2D eigenvalue weighted by Crippen LogP contribution is 2.06. The maximum atomic E-state index is 9.75. The molecule has 0 aromatic carbocycles. The van der Waals surface area contributed by atoms with Crippen molar-refractivity contribution in [2.75, 3.05) is 27.2 Å². The third-order valence-corrected chi connectivity index (χ3v) is 1.97. The summed E-state index contributed by atoms with van der Waals surface area (Å²) in [5, 5.41) is 0. The number of unbranched alkanes of at least 4 members (excludes halogenated alkanes) is 1. The molecule has 0 fully saturated rings. The molecular formula is C8H20BF4N. The van der Waals surface area contributed by atoms with Crippen molar-refractivity contribution in [1.29, 1.82) is 0 Å². The Morgan fingerprint density at radius 2 is 1.36 bits per heavy atom. The second kappa shape index (κ2) is 7.09. The first kappa shape index (κ1) is 16.2. The summed E-state index contributed by atoms with van der Waals surface area (Å²) in [6.07, 6.45) is 2.68. The zero-order valence-corrected chi connectivity index (χ0v) is 9.36. The zero-order valence-electron chi connectivity index (χ0n) is 9.36. The molecule has 0 radical (unpaired) electrons. The van der Waals surface area contributed by atoms with E-state index in [1.807, 2.05) is 0 Å². The summed E-state index contributed by atoms with van der Waals surface area (Å²) < 4.78 is 40.2. The minimum atomic E-state index is -6.00. The molecule has 0 amide bonds. The summed E-state index contributed by atoms with van der Waals surface area (Å²) >= 11 is 0. The molecule has 0 aliphatic carbocycles. The van der Waals surface area contributed by atoms with Crippen LogP contribution in [0.1, 0.15) is 26.7 Å². The fourth-order valence-corrected chi connectivity index (χ4v) is 0.744. The lowest BCUT2D eigenvalue weighted by molar-refractivity contribution is -0.888. The van der Waals surface area contributed by atoms with E-state index in [-0.39, 0.29) is 0 Å². The largest absolute Gasteiger partial charge is 0.673 e. The molecule has 0 aromatic rings. The summed E-state index contributed by atoms with van der Waals surface area (Å²) in [4.78, 5) is 0. The fraction of sp³-hybridized carbons (Fsp3) is 1.00. The highest BCUT2D eigenvalue weighted by atomic mass is 19.5. The Morgan fingerprint density at radius 1 is 1.00 bits per heavy atom. The van der Waals surface area contributed by atoms with Gasteiger partial charge in [0.2, 0.25) is 0 Å². The second-order valence-corrected chi connectivity index (χ2v) is 3.82. The summed E-state index contributed by atoms with van der Waals surface area (Å²) in [7, 11) is -1.43. The van der Waals surface area contributed by atoms with Gasteiger partial charge in [-0.1, -0.05) is 13.3 Å². The molecule has 0 atom stereocenters. The molecular weight excluding hydrogens is 197 g/mol. The molecule has 0 saturated heterocycles. The van der Waals surface area contributed by atoms with Gasteiger partial charge in [0, 0.05) is 0 Å². The molecule has 0 spiro atoms. The van der Waals surface area contributed by atoms with E-state index in [9.17, 15) is 17.3 Å². The van der Waals surface area contributed by atoms with Gasteiger partial charge in [0.1, 0.15) is 0 Å². The van der Waals surface area contributed by atoms with Gasteiger partial charge in [-0.05, 0) is 13.3 Å². The van der Waals surface area contributed by atoms with Gasteiger partial charge in [0.25, 0.3) is 0 Å². The monoisotopic (exact) mass is 217 g/mol. The minimum absolute atomic E-state index is 1.17. The van der Waals surface area contributed by atoms with E-state index in [1.165, 1.54) is 30.4 Å². The molecule has 0 saturated carbocycles. The molecule has 0 aromatic heterocycles. The van der Waals surface area contributed by atoms with Crippen LogP contribution in [0.25, 0.3) is 0 Å². The lowest BCUT2D eigenvalue weighted by Gasteiger charge is -2.27. The Labute approximate surface area is 83.8 Å². The second-order valence-electron chi connectivity index (χ2n) is 3.82. The molecule has 88 valence electrons. The Hall–Kier alpha value is -0.255. The fourth-order valence-electron chi connectivity index (χ4n) is 0.744. The van der Waals surface area contributed by atoms with Crippen LogP contribution in [0.5, 0.6) is 0 Å². The number of quaternary nitrogens is 1. The van der Waals surface area contributed by atoms with Gasteiger partial charge in [-0.25, -0.2) is 0 Å². The van der Waals surface area contributed by atoms with E-state index in [1.54, 1.807) is 0 Å². The van der Waals surface area contributed by atoms with E-state index < -0.39 is 7.25 Å². The van der Waals surface area contributed by atoms with E-state index in [0.29, 0.717) is 0 Å². The molecule has 0 aliphatic rings. The summed E-state index contributed by atoms with van der Waals surface area (Å²) in [6, 6.07) is 0. The molecule has 0 aliphatic heterocycles. The molecule has 6 heteroatoms. The molecule has 1 nitrogen and oxygen atoms in total. The van der Waals surface area contributed by atoms with Crippen molar-refractivity contribution in [3.63, 3.8) is 0 Å². The van der Waals surface area contributed by atoms with Gasteiger partial charge >= 0.3 is 7.25 Å². The molecule has 0 bridgehead atoms. The van der Waals surface area contributed by atoms with Crippen LogP contribution in [0.4, 0.5) is 17.3 Å². The lowest BCUT2D eigenvalue weighted by Crippen LogP contribution is -2.39. The lowest BCUT2D eigenvalue weighted by atomic mass is 10.3. The average Bonchev–Trinajstić information content (AvgIpc) is 1.98. The van der Waals surface area contributed by atoms with Crippen molar-refractivity contribution in [3.05, 3.63) is 0 Å². The van der Waals surface area contributed by atoms with Crippen LogP contribution in [-0.2, 0) is 0 Å². The van der Waals surface area contributed by atoms with Gasteiger partial charge in [0.05, 0.1) is 27.2 Å². The quantitative estimate of drug-likeness (QED) is 0.385. The highest BCUT2D eigenvalue weighted by molar-refractivity contribution is 6.50. The van der Waals surface area contributed by atoms with Crippen LogP contribution in [0.2, 0.25) is 0 Å². The first-order chi connectivity index (χ1) is 6.12. The van der Waals surface area contributed by atoms with Crippen LogP contribution < -0.4 is 0 Å². The predicted octanol–water partition coefficient (Wildman–Crippen LogP) is 3.18. The third kappa shape index (κ3) is 22.6. The number of hydrogen-bond donors (Lipinski definition) is 0. The van der Waals surface area contributed by atoms with Crippen molar-refractivity contribution < 1.29 is 21.7 Å². The Bertz CT molecular complexity index is 130. The van der Waals surface area contributed by atoms with E-state index in [0.717, 1.165) is 0 Å². The van der Waals surface area contributed by atoms with E-state index >= 15 is 0 Å². The number of rotatable bonds is 4. The molecule has 0 unspecified atom stereocenters. The van der Waals surface area contributed by atoms with Crippen molar-refractivity contribution >= 4 is 7.25 Å². The molecule has 0 rings (SSSR count). The summed E-state index contributed by atoms with van der Waals surface area (Å²) in [5.41, 5.74) is 0. The summed E-state index contributed by atoms with van der Waals surface area (Å²) in [6.45, 7) is 7.07. The Balaban J connectivity index is 0. The number of nitrogens with zero attached hydrogens (tertiary/aromatic N) is 1. The van der Waals surface area contributed by atoms with Crippen LogP contribution in [-0.4, -0.2) is 38.9 Å². The standard InChI is InChI=1S/C8H20N.BF4/c1-5-7-8-9(3,4)6-2;2-1(3,4)5/h5-8H2,1-4H3;/q+1;-1. The topological polar surface area (TPSA) is 0 Å². The third-order valence-electron chi connectivity index (χ3n) is 1.97. The smallest absolute Gasteiger partial charge is 0.418 e. The van der Waals surface area contributed by atoms with Gasteiger partial charge in [-0.15, -0.1) is 0 Å². The van der Waals surface area contributed by atoms with Gasteiger partial charge in [-0.3, -0.25) is 0 Å². The molecule has 0 heterocycles. The molecule has 0 N–H and O–H groups in total. The van der Waals surface area contributed by atoms with Crippen molar-refractivity contribution in [2.24, 2.45) is 0 Å². The van der Waals surface area contributed by atoms with Crippen LogP contribution >= 0.6 is 0 Å². The molecule has 14 heavy (non-hydrogen) atoms. The average molecular weight is 217 g/mol. The van der Waals surface area contributed by atoms with Crippen LogP contribution in [0.15, 0.2) is 0 Å². The van der Waals surface area contributed by atoms with E-state index in [4.69, 9.17) is 0 Å². The maximum absolute atomic E-state index is 9.75. The summed E-state index contributed by atoms with van der Waals surface area (Å²) in [5.74, 6) is 0. The van der Waals surface area contributed by atoms with Gasteiger partial charge in [0.15, 0.2) is 0 Å². The van der Waals surface area contributed by atoms with Crippen molar-refractivity contribution in [2.45, 2.75) is 26.7 Å². The van der Waals surface area contributed by atoms with Crippen LogP contribution in [0.3, 0.4) is 0 Å². The van der Waals surface area contributed by atoms with Gasteiger partial charge < -0.3 is 21.7 Å². The normalized spacial score (nSPS) is 12.0. The Morgan fingerprint density at radius 3 is 1.57 bits per heavy atom. The number of hydrogen-bond acceptors (Lipinski definition) is 0. The maximum Gasteiger partial charge on any atom is 0.673 e.